The van der Waals surface area contributed by atoms with Crippen molar-refractivity contribution >= 4 is 39.3 Å². The number of carboxylic acid groups (broad SMARTS) is 1. The molecule has 0 unspecified atom stereocenters. The summed E-state index contributed by atoms with van der Waals surface area (Å²) in [6, 6.07) is 5.63. The van der Waals surface area contributed by atoms with Gasteiger partial charge >= 0.3 is 17.2 Å². The Labute approximate surface area is 184 Å². The maximum Gasteiger partial charge on any atom is 0.344 e. The summed E-state index contributed by atoms with van der Waals surface area (Å²) in [5.41, 5.74) is -6.58. The molecule has 0 aliphatic heterocycles. The quantitative estimate of drug-likeness (QED) is 0.217. The summed E-state index contributed by atoms with van der Waals surface area (Å²) in [6.07, 6.45) is 0. The molecule has 0 spiro atoms. The Hall–Kier alpha value is -5.27. The lowest BCUT2D eigenvalue weighted by Gasteiger charge is -2.15. The van der Waals surface area contributed by atoms with Gasteiger partial charge in [0, 0.05) is 12.1 Å². The minimum absolute atomic E-state index is 0.272. The third-order valence-corrected chi connectivity index (χ3v) is 5.04. The highest BCUT2D eigenvalue weighted by Crippen LogP contribution is 2.39. The maximum absolute atomic E-state index is 12.6. The molecule has 0 aliphatic rings. The number of carboxylic acids is 1. The average Bonchev–Trinajstić information content (AvgIpc) is 2.76. The number of fused-ring (bicyclic) bond motifs is 2. The molecule has 4 rings (SSSR count). The van der Waals surface area contributed by atoms with Crippen LogP contribution in [-0.4, -0.2) is 31.1 Å². The predicted octanol–water partition coefficient (Wildman–Crippen LogP) is 2.34. The smallest absolute Gasteiger partial charge is 0.344 e. The highest BCUT2D eigenvalue weighted by Gasteiger charge is 2.36. The van der Waals surface area contributed by atoms with Crippen molar-refractivity contribution in [1.29, 1.82) is 0 Å². The van der Waals surface area contributed by atoms with Gasteiger partial charge in [0.15, 0.2) is 0 Å². The van der Waals surface area contributed by atoms with E-state index < -0.39 is 78.2 Å². The molecule has 0 radical (unpaired) electrons. The van der Waals surface area contributed by atoms with Gasteiger partial charge in [0.1, 0.15) is 28.6 Å². The Morgan fingerprint density at radius 1 is 0.794 bits per heavy atom. The first kappa shape index (κ1) is 21.9. The molecule has 2 heterocycles. The molecule has 0 bridgehead atoms. The normalized spacial score (nSPS) is 11.2. The number of nitrogens with zero attached hydrogens (tertiary/aromatic N) is 2. The Kier molecular flexibility index (Phi) is 4.97. The lowest BCUT2D eigenvalue weighted by Crippen LogP contribution is -2.26. The number of hydrogen-bond donors (Lipinski definition) is 3. The summed E-state index contributed by atoms with van der Waals surface area (Å²) in [7, 11) is 0. The zero-order valence-corrected chi connectivity index (χ0v) is 16.5. The molecule has 34 heavy (non-hydrogen) atoms. The molecule has 0 aliphatic carbocycles. The zero-order chi connectivity index (χ0) is 24.9. The van der Waals surface area contributed by atoms with E-state index in [0.29, 0.717) is 0 Å². The SMILES string of the molecule is O=C(O)C(c1c(O)c2ccc([N+](=O)[O-])cc2oc1=O)c1c(O)c2ccc([N+](=O)[O-])cc2oc1=O. The lowest BCUT2D eigenvalue weighted by molar-refractivity contribution is -0.384. The average molecular weight is 470 g/mol. The largest absolute Gasteiger partial charge is 0.507 e. The highest BCUT2D eigenvalue weighted by atomic mass is 16.6. The first-order valence-electron chi connectivity index (χ1n) is 9.12. The van der Waals surface area contributed by atoms with Crippen molar-refractivity contribution in [2.75, 3.05) is 0 Å². The Morgan fingerprint density at radius 2 is 1.18 bits per heavy atom. The van der Waals surface area contributed by atoms with Crippen LogP contribution in [0.25, 0.3) is 21.9 Å². The first-order chi connectivity index (χ1) is 16.0. The summed E-state index contributed by atoms with van der Waals surface area (Å²) in [5.74, 6) is -6.04. The molecule has 2 aromatic carbocycles. The summed E-state index contributed by atoms with van der Waals surface area (Å²) in [4.78, 5) is 57.6. The van der Waals surface area contributed by atoms with Gasteiger partial charge in [-0.05, 0) is 12.1 Å². The van der Waals surface area contributed by atoms with Crippen LogP contribution in [0.1, 0.15) is 17.0 Å². The van der Waals surface area contributed by atoms with E-state index in [1.54, 1.807) is 0 Å². The fourth-order valence-corrected chi connectivity index (χ4v) is 3.50. The second-order valence-corrected chi connectivity index (χ2v) is 6.95. The topological polar surface area (TPSA) is 224 Å². The van der Waals surface area contributed by atoms with Crippen molar-refractivity contribution in [1.82, 2.24) is 0 Å². The summed E-state index contributed by atoms with van der Waals surface area (Å²) >= 11 is 0. The van der Waals surface area contributed by atoms with Gasteiger partial charge in [-0.3, -0.25) is 25.0 Å². The number of aliphatic carboxylic acids is 1. The van der Waals surface area contributed by atoms with Gasteiger partial charge in [0.2, 0.25) is 0 Å². The monoisotopic (exact) mass is 470 g/mol. The van der Waals surface area contributed by atoms with Crippen LogP contribution in [0.3, 0.4) is 0 Å². The number of carbonyl (C=O) groups is 1. The van der Waals surface area contributed by atoms with E-state index in [1.165, 1.54) is 0 Å². The van der Waals surface area contributed by atoms with E-state index >= 15 is 0 Å². The Morgan fingerprint density at radius 3 is 1.50 bits per heavy atom. The molecule has 0 fully saturated rings. The van der Waals surface area contributed by atoms with Gasteiger partial charge < -0.3 is 24.2 Å². The van der Waals surface area contributed by atoms with E-state index in [4.69, 9.17) is 8.83 Å². The molecule has 4 aromatic rings. The van der Waals surface area contributed by atoms with Crippen molar-refractivity contribution < 1.29 is 38.8 Å². The van der Waals surface area contributed by atoms with Gasteiger partial charge in [0.25, 0.3) is 11.4 Å². The number of nitro benzene ring substituents is 2. The van der Waals surface area contributed by atoms with Crippen LogP contribution in [0.2, 0.25) is 0 Å². The second kappa shape index (κ2) is 7.70. The number of rotatable bonds is 5. The summed E-state index contributed by atoms with van der Waals surface area (Å²) in [6.45, 7) is 0. The van der Waals surface area contributed by atoms with Gasteiger partial charge in [-0.15, -0.1) is 0 Å². The number of aromatic hydroxyl groups is 2. The molecule has 172 valence electrons. The number of hydrogen-bond acceptors (Lipinski definition) is 11. The molecule has 0 saturated carbocycles. The molecular formula is C20H10N2O12. The number of benzene rings is 2. The summed E-state index contributed by atoms with van der Waals surface area (Å²) < 4.78 is 9.91. The lowest BCUT2D eigenvalue weighted by atomic mass is 9.90. The zero-order valence-electron chi connectivity index (χ0n) is 16.5. The molecule has 0 amide bonds. The Bertz CT molecular complexity index is 1550. The standard InChI is InChI=1S/C20H10N2O12/c23-16-9-3-1-7(21(29)30)5-11(9)33-19(27)14(16)13(18(25)26)15-17(24)10-4-2-8(22(31)32)6-12(10)34-20(15)28/h1-6,13,23-24H,(H,25,26). The van der Waals surface area contributed by atoms with E-state index in [-0.39, 0.29) is 10.8 Å². The fraction of sp³-hybridized carbons (Fsp3) is 0.0500. The van der Waals surface area contributed by atoms with Crippen molar-refractivity contribution in [3.05, 3.63) is 88.6 Å². The fourth-order valence-electron chi connectivity index (χ4n) is 3.50. The first-order valence-corrected chi connectivity index (χ1v) is 9.12. The number of nitro groups is 2. The molecule has 2 aromatic heterocycles. The van der Waals surface area contributed by atoms with Crippen LogP contribution in [0.5, 0.6) is 11.5 Å². The maximum atomic E-state index is 12.6. The van der Waals surface area contributed by atoms with Crippen molar-refractivity contribution in [3.63, 3.8) is 0 Å². The minimum atomic E-state index is -2.29. The van der Waals surface area contributed by atoms with Crippen LogP contribution in [0.4, 0.5) is 11.4 Å². The summed E-state index contributed by atoms with van der Waals surface area (Å²) in [5, 5.41) is 52.4. The molecular weight excluding hydrogens is 460 g/mol. The molecule has 3 N–H and O–H groups in total. The highest BCUT2D eigenvalue weighted by molar-refractivity contribution is 5.92. The third kappa shape index (κ3) is 3.35. The van der Waals surface area contributed by atoms with Gasteiger partial charge in [-0.25, -0.2) is 9.59 Å². The molecule has 14 nitrogen and oxygen atoms in total. The Balaban J connectivity index is 2.02. The molecule has 14 heteroatoms. The van der Waals surface area contributed by atoms with E-state index in [1.807, 2.05) is 0 Å². The molecule has 0 saturated heterocycles. The van der Waals surface area contributed by atoms with E-state index in [2.05, 4.69) is 0 Å². The molecule has 0 atom stereocenters. The minimum Gasteiger partial charge on any atom is -0.507 e. The third-order valence-electron chi connectivity index (χ3n) is 5.04. The second-order valence-electron chi connectivity index (χ2n) is 6.95. The van der Waals surface area contributed by atoms with Crippen LogP contribution in [0.15, 0.2) is 54.8 Å². The van der Waals surface area contributed by atoms with E-state index in [0.717, 1.165) is 36.4 Å². The van der Waals surface area contributed by atoms with Crippen LogP contribution < -0.4 is 11.3 Å². The number of non-ortho nitro benzene ring substituents is 2. The van der Waals surface area contributed by atoms with Gasteiger partial charge in [0.05, 0.1) is 43.9 Å². The van der Waals surface area contributed by atoms with Crippen molar-refractivity contribution in [2.45, 2.75) is 5.92 Å². The van der Waals surface area contributed by atoms with Crippen LogP contribution >= 0.6 is 0 Å². The van der Waals surface area contributed by atoms with Crippen molar-refractivity contribution in [2.24, 2.45) is 0 Å². The van der Waals surface area contributed by atoms with Crippen LogP contribution in [-0.2, 0) is 4.79 Å². The van der Waals surface area contributed by atoms with Crippen LogP contribution in [0, 0.1) is 20.2 Å². The van der Waals surface area contributed by atoms with Gasteiger partial charge in [-0.1, -0.05) is 0 Å². The van der Waals surface area contributed by atoms with Gasteiger partial charge in [-0.2, -0.15) is 0 Å². The van der Waals surface area contributed by atoms with Crippen molar-refractivity contribution in [3.8, 4) is 11.5 Å². The van der Waals surface area contributed by atoms with E-state index in [9.17, 15) is 49.9 Å². The predicted molar refractivity (Wildman–Crippen MR) is 111 cm³/mol.